The van der Waals surface area contributed by atoms with Gasteiger partial charge in [0.25, 0.3) is 0 Å². The molecule has 0 bridgehead atoms. The van der Waals surface area contributed by atoms with Crippen LogP contribution < -0.4 is 0 Å². The van der Waals surface area contributed by atoms with Crippen LogP contribution >= 0.6 is 0 Å². The Balaban J connectivity index is 2.04. The number of nitrogens with zero attached hydrogens (tertiary/aromatic N) is 3. The monoisotopic (exact) mass is 343 g/mol. The van der Waals surface area contributed by atoms with Gasteiger partial charge in [0.2, 0.25) is 0 Å². The number of aryl methyl sites for hydroxylation is 2. The predicted octanol–water partition coefficient (Wildman–Crippen LogP) is 4.38. The van der Waals surface area contributed by atoms with Gasteiger partial charge in [0.05, 0.1) is 11.4 Å². The SMILES string of the molecule is Cc1ccc(-c2cc(C(=O)O)n3nc(C)c(-c4ccccc4)c3n2)cc1. The summed E-state index contributed by atoms with van der Waals surface area (Å²) >= 11 is 0. The van der Waals surface area contributed by atoms with Crippen LogP contribution in [-0.4, -0.2) is 25.7 Å². The van der Waals surface area contributed by atoms with Crippen LogP contribution in [0.15, 0.2) is 60.7 Å². The minimum absolute atomic E-state index is 0.0934. The second kappa shape index (κ2) is 6.11. The molecule has 0 unspecified atom stereocenters. The van der Waals surface area contributed by atoms with E-state index in [4.69, 9.17) is 4.98 Å². The molecule has 2 heterocycles. The molecule has 0 fully saturated rings. The van der Waals surface area contributed by atoms with Crippen molar-refractivity contribution in [3.8, 4) is 22.4 Å². The Bertz CT molecular complexity index is 1110. The van der Waals surface area contributed by atoms with E-state index in [9.17, 15) is 9.90 Å². The zero-order chi connectivity index (χ0) is 18.3. The Labute approximate surface area is 150 Å². The van der Waals surface area contributed by atoms with Crippen LogP contribution in [0.25, 0.3) is 28.0 Å². The Morgan fingerprint density at radius 2 is 1.65 bits per heavy atom. The van der Waals surface area contributed by atoms with Gasteiger partial charge in [-0.3, -0.25) is 0 Å². The van der Waals surface area contributed by atoms with E-state index in [0.717, 1.165) is 27.9 Å². The van der Waals surface area contributed by atoms with Gasteiger partial charge in [0, 0.05) is 11.1 Å². The number of fused-ring (bicyclic) bond motifs is 1. The number of hydrogen-bond acceptors (Lipinski definition) is 3. The Morgan fingerprint density at radius 3 is 2.31 bits per heavy atom. The number of aromatic carboxylic acids is 1. The highest BCUT2D eigenvalue weighted by atomic mass is 16.4. The molecule has 2 aromatic heterocycles. The average molecular weight is 343 g/mol. The molecule has 0 spiro atoms. The van der Waals surface area contributed by atoms with E-state index in [2.05, 4.69) is 5.10 Å². The lowest BCUT2D eigenvalue weighted by atomic mass is 10.1. The molecule has 4 aromatic rings. The highest BCUT2D eigenvalue weighted by Crippen LogP contribution is 2.30. The molecule has 5 nitrogen and oxygen atoms in total. The molecule has 0 aliphatic rings. The van der Waals surface area contributed by atoms with E-state index in [-0.39, 0.29) is 5.69 Å². The van der Waals surface area contributed by atoms with Crippen molar-refractivity contribution in [3.63, 3.8) is 0 Å². The molecule has 2 aromatic carbocycles. The normalized spacial score (nSPS) is 11.0. The van der Waals surface area contributed by atoms with Crippen LogP contribution in [0.2, 0.25) is 0 Å². The zero-order valence-electron chi connectivity index (χ0n) is 14.5. The van der Waals surface area contributed by atoms with Crippen molar-refractivity contribution in [2.45, 2.75) is 13.8 Å². The van der Waals surface area contributed by atoms with E-state index in [1.807, 2.05) is 68.4 Å². The highest BCUT2D eigenvalue weighted by Gasteiger charge is 2.20. The molecule has 26 heavy (non-hydrogen) atoms. The van der Waals surface area contributed by atoms with Crippen LogP contribution in [0.4, 0.5) is 0 Å². The van der Waals surface area contributed by atoms with Gasteiger partial charge < -0.3 is 5.11 Å². The molecule has 0 saturated heterocycles. The summed E-state index contributed by atoms with van der Waals surface area (Å²) < 4.78 is 1.41. The van der Waals surface area contributed by atoms with Gasteiger partial charge in [0.1, 0.15) is 0 Å². The number of benzene rings is 2. The van der Waals surface area contributed by atoms with Crippen LogP contribution in [0, 0.1) is 13.8 Å². The smallest absolute Gasteiger partial charge is 0.354 e. The molecular weight excluding hydrogens is 326 g/mol. The number of carboxylic acid groups (broad SMARTS) is 1. The van der Waals surface area contributed by atoms with Gasteiger partial charge in [-0.1, -0.05) is 60.2 Å². The molecule has 0 atom stereocenters. The van der Waals surface area contributed by atoms with Crippen molar-refractivity contribution in [2.24, 2.45) is 0 Å². The summed E-state index contributed by atoms with van der Waals surface area (Å²) in [6.45, 7) is 3.88. The fourth-order valence-electron chi connectivity index (χ4n) is 3.09. The van der Waals surface area contributed by atoms with E-state index >= 15 is 0 Å². The predicted molar refractivity (Wildman–Crippen MR) is 100 cm³/mol. The Kier molecular flexibility index (Phi) is 3.77. The lowest BCUT2D eigenvalue weighted by Crippen LogP contribution is -2.08. The largest absolute Gasteiger partial charge is 0.477 e. The van der Waals surface area contributed by atoms with Crippen LogP contribution in [0.3, 0.4) is 0 Å². The van der Waals surface area contributed by atoms with Crippen molar-refractivity contribution < 1.29 is 9.90 Å². The van der Waals surface area contributed by atoms with Gasteiger partial charge in [-0.25, -0.2) is 14.3 Å². The zero-order valence-corrected chi connectivity index (χ0v) is 14.5. The van der Waals surface area contributed by atoms with Crippen molar-refractivity contribution in [2.75, 3.05) is 0 Å². The van der Waals surface area contributed by atoms with Crippen LogP contribution in [0.1, 0.15) is 21.7 Å². The van der Waals surface area contributed by atoms with Gasteiger partial charge >= 0.3 is 5.97 Å². The fraction of sp³-hybridized carbons (Fsp3) is 0.0952. The molecule has 0 amide bonds. The molecule has 0 radical (unpaired) electrons. The summed E-state index contributed by atoms with van der Waals surface area (Å²) in [5, 5.41) is 14.1. The second-order valence-electron chi connectivity index (χ2n) is 6.26. The van der Waals surface area contributed by atoms with Gasteiger partial charge in [-0.05, 0) is 25.5 Å². The maximum Gasteiger partial charge on any atom is 0.354 e. The first-order valence-electron chi connectivity index (χ1n) is 8.31. The summed E-state index contributed by atoms with van der Waals surface area (Å²) in [5.74, 6) is -1.03. The standard InChI is InChI=1S/C21H17N3O2/c1-13-8-10-15(11-9-13)17-12-18(21(25)26)24-20(22-17)19(14(2)23-24)16-6-4-3-5-7-16/h3-12H,1-2H3,(H,25,26). The third-order valence-electron chi connectivity index (χ3n) is 4.39. The van der Waals surface area contributed by atoms with Crippen LogP contribution in [-0.2, 0) is 0 Å². The molecule has 0 saturated carbocycles. The van der Waals surface area contributed by atoms with Crippen molar-refractivity contribution in [1.82, 2.24) is 14.6 Å². The lowest BCUT2D eigenvalue weighted by Gasteiger charge is -2.07. The number of aromatic nitrogens is 3. The van der Waals surface area contributed by atoms with Crippen LogP contribution in [0.5, 0.6) is 0 Å². The lowest BCUT2D eigenvalue weighted by molar-refractivity contribution is 0.0687. The molecule has 0 aliphatic heterocycles. The molecule has 4 rings (SSSR count). The quantitative estimate of drug-likeness (QED) is 0.599. The second-order valence-corrected chi connectivity index (χ2v) is 6.26. The molecule has 1 N–H and O–H groups in total. The van der Waals surface area contributed by atoms with Crippen molar-refractivity contribution in [3.05, 3.63) is 77.6 Å². The van der Waals surface area contributed by atoms with Crippen molar-refractivity contribution >= 4 is 11.6 Å². The summed E-state index contributed by atoms with van der Waals surface area (Å²) in [5.41, 5.74) is 5.82. The molecule has 5 heteroatoms. The Morgan fingerprint density at radius 1 is 0.962 bits per heavy atom. The average Bonchev–Trinajstić information content (AvgIpc) is 2.97. The first kappa shape index (κ1) is 16.0. The minimum Gasteiger partial charge on any atom is -0.477 e. The maximum absolute atomic E-state index is 11.8. The third-order valence-corrected chi connectivity index (χ3v) is 4.39. The third kappa shape index (κ3) is 2.63. The van der Waals surface area contributed by atoms with E-state index in [1.54, 1.807) is 6.07 Å². The number of rotatable bonds is 3. The minimum atomic E-state index is -1.03. The summed E-state index contributed by atoms with van der Waals surface area (Å²) in [4.78, 5) is 16.6. The molecule has 0 aliphatic carbocycles. The molecular formula is C21H17N3O2. The number of carboxylic acids is 1. The first-order valence-corrected chi connectivity index (χ1v) is 8.31. The maximum atomic E-state index is 11.8. The van der Waals surface area contributed by atoms with E-state index in [0.29, 0.717) is 11.3 Å². The number of hydrogen-bond donors (Lipinski definition) is 1. The first-order chi connectivity index (χ1) is 12.5. The Hall–Kier alpha value is -3.47. The van der Waals surface area contributed by atoms with Gasteiger partial charge in [-0.2, -0.15) is 5.10 Å². The van der Waals surface area contributed by atoms with E-state index < -0.39 is 5.97 Å². The summed E-state index contributed by atoms with van der Waals surface area (Å²) in [6, 6.07) is 19.2. The van der Waals surface area contributed by atoms with E-state index in [1.165, 1.54) is 4.52 Å². The topological polar surface area (TPSA) is 67.5 Å². The van der Waals surface area contributed by atoms with Gasteiger partial charge in [-0.15, -0.1) is 0 Å². The highest BCUT2D eigenvalue weighted by molar-refractivity contribution is 5.90. The van der Waals surface area contributed by atoms with Crippen molar-refractivity contribution in [1.29, 1.82) is 0 Å². The summed E-state index contributed by atoms with van der Waals surface area (Å²) in [6.07, 6.45) is 0. The number of carbonyl (C=O) groups is 1. The molecule has 128 valence electrons. The fourth-order valence-corrected chi connectivity index (χ4v) is 3.09. The van der Waals surface area contributed by atoms with Gasteiger partial charge in [0.15, 0.2) is 11.3 Å². The summed E-state index contributed by atoms with van der Waals surface area (Å²) in [7, 11) is 0.